The fourth-order valence-corrected chi connectivity index (χ4v) is 3.95. The van der Waals surface area contributed by atoms with E-state index in [4.69, 9.17) is 41.9 Å². The number of hydrogen-bond acceptors (Lipinski definition) is 5. The number of aromatic nitrogens is 2. The molecule has 0 aliphatic carbocycles. The van der Waals surface area contributed by atoms with E-state index in [2.05, 4.69) is 45.1 Å². The zero-order valence-electron chi connectivity index (χ0n) is 29.3. The number of benzene rings is 3. The number of nitrogens with one attached hydrogen (secondary N) is 6. The van der Waals surface area contributed by atoms with Crippen LogP contribution < -0.4 is 21.3 Å². The Balaban J connectivity index is -0.000000593. The van der Waals surface area contributed by atoms with Crippen LogP contribution in [0.15, 0.2) is 78.9 Å². The summed E-state index contributed by atoms with van der Waals surface area (Å²) in [7, 11) is 0.0833. The number of non-ortho nitro benzene ring substituents is 1. The summed E-state index contributed by atoms with van der Waals surface area (Å²) >= 11 is 15.1. The van der Waals surface area contributed by atoms with Crippen molar-refractivity contribution < 1.29 is 67.1 Å². The number of H-pyrrole nitrogens is 2. The maximum Gasteiger partial charge on any atom is 0.271 e. The molecule has 0 amide bonds. The van der Waals surface area contributed by atoms with Gasteiger partial charge in [-0.25, -0.2) is 0 Å². The Morgan fingerprint density at radius 1 is 0.933 bits per heavy atom. The largest absolute Gasteiger partial charge is 0.363 e. The summed E-state index contributed by atoms with van der Waals surface area (Å²) in [6.07, 6.45) is 4.81. The molecule has 45 heavy (non-hydrogen) atoms. The molecule has 0 saturated heterocycles. The van der Waals surface area contributed by atoms with E-state index in [1.54, 1.807) is 6.07 Å². The van der Waals surface area contributed by atoms with Gasteiger partial charge in [-0.05, 0) is 82.5 Å². The van der Waals surface area contributed by atoms with E-state index < -0.39 is 14.7 Å². The molecule has 9 nitrogen and oxygen atoms in total. The average Bonchev–Trinajstić information content (AvgIpc) is 3.43. The number of imidazole rings is 1. The minimum Gasteiger partial charge on any atom is -0.363 e. The van der Waals surface area contributed by atoms with Crippen LogP contribution in [0, 0.1) is 77.1 Å². The van der Waals surface area contributed by atoms with Crippen molar-refractivity contribution in [2.24, 2.45) is 0 Å². The first-order chi connectivity index (χ1) is 22.6. The quantitative estimate of drug-likeness (QED) is 0.0268. The van der Waals surface area contributed by atoms with Crippen molar-refractivity contribution >= 4 is 93.1 Å². The summed E-state index contributed by atoms with van der Waals surface area (Å²) in [6.45, 7) is 6.34. The Morgan fingerprint density at radius 2 is 1.38 bits per heavy atom. The Morgan fingerprint density at radius 3 is 1.80 bits per heavy atom. The molecule has 1 unspecified atom stereocenters. The molecule has 1 heterocycles. The maximum atomic E-state index is 10.4. The van der Waals surface area contributed by atoms with Crippen LogP contribution in [-0.4, -0.2) is 51.8 Å². The second kappa shape index (κ2) is 28.9. The van der Waals surface area contributed by atoms with Gasteiger partial charge in [0.15, 0.2) is 15.0 Å². The molecule has 1 radical (unpaired) electrons. The molecule has 239 valence electrons. The number of para-hydroxylation sites is 2. The van der Waals surface area contributed by atoms with Crippen molar-refractivity contribution in [3.05, 3.63) is 93.7 Å². The van der Waals surface area contributed by atoms with Gasteiger partial charge in [-0.3, -0.25) is 10.1 Å². The van der Waals surface area contributed by atoms with Crippen molar-refractivity contribution in [1.29, 1.82) is 5.23 Å². The third-order valence-corrected chi connectivity index (χ3v) is 6.10. The number of aromatic amines is 2. The van der Waals surface area contributed by atoms with Gasteiger partial charge in [0.1, 0.15) is 0 Å². The molecular weight excluding hydrogens is 1090 g/mol. The summed E-state index contributed by atoms with van der Waals surface area (Å²) in [5, 5.41) is 24.4. The topological polar surface area (TPSA) is 123 Å². The predicted octanol–water partition coefficient (Wildman–Crippen LogP) is 6.82. The van der Waals surface area contributed by atoms with Crippen molar-refractivity contribution in [2.75, 3.05) is 23.7 Å². The fourth-order valence-electron chi connectivity index (χ4n) is 3.29. The van der Waals surface area contributed by atoms with E-state index in [0.717, 1.165) is 35.1 Å². The molecule has 1 atom stereocenters. The number of nitro benzene ring substituents is 1. The predicted molar refractivity (Wildman–Crippen MR) is 201 cm³/mol. The number of nitrogens with zero attached hydrogens (tertiary/aromatic N) is 1. The third-order valence-electron chi connectivity index (χ3n) is 5.41. The van der Waals surface area contributed by atoms with Crippen LogP contribution >= 0.6 is 46.4 Å². The Bertz CT molecular complexity index is 1430. The van der Waals surface area contributed by atoms with Gasteiger partial charge in [0.25, 0.3) is 5.69 Å². The van der Waals surface area contributed by atoms with Gasteiger partial charge >= 0.3 is 0 Å². The molecule has 0 fully saturated rings. The van der Waals surface area contributed by atoms with Gasteiger partial charge in [-0.15, -0.1) is 0 Å². The van der Waals surface area contributed by atoms with Gasteiger partial charge in [-0.2, -0.15) is 9.79 Å². The van der Waals surface area contributed by atoms with E-state index in [1.807, 2.05) is 60.7 Å². The first-order valence-electron chi connectivity index (χ1n) is 15.5. The van der Waals surface area contributed by atoms with E-state index in [-0.39, 0.29) is 67.9 Å². The summed E-state index contributed by atoms with van der Waals surface area (Å²) < 4.78 is 23.8. The number of rotatable bonds is 9. The van der Waals surface area contributed by atoms with Crippen LogP contribution in [0.3, 0.4) is 0 Å². The fraction of sp³-hybridized carbons (Fsp3) is 0.276. The molecule has 16 heteroatoms. The normalized spacial score (nSPS) is 10.0. The molecule has 1 aromatic heterocycles. The number of anilines is 2. The monoisotopic (exact) mass is 1140 g/mol. The SMILES string of the molecule is CCCCNC(=S)NCCCC.O=[N+]([O-])c1ccc2[nH]c(=S)[nH]c2c1.S=C(Nc1ccccc1)Nc1ccccc1.[2H]P[3H].[2H][B][3H].[U].[U]. The zero-order chi connectivity index (χ0) is 35.3. The molecule has 0 aliphatic rings. The number of nitro groups is 1. The number of unbranched alkanes of at least 4 members (excludes halogenated alkanes) is 2. The Hall–Kier alpha value is -1.27. The van der Waals surface area contributed by atoms with E-state index in [0.29, 0.717) is 23.7 Å². The van der Waals surface area contributed by atoms with Crippen molar-refractivity contribution in [2.45, 2.75) is 39.5 Å². The van der Waals surface area contributed by atoms with Crippen LogP contribution in [0.2, 0.25) is 0 Å². The van der Waals surface area contributed by atoms with Crippen molar-refractivity contribution in [1.82, 2.24) is 20.6 Å². The second-order valence-electron chi connectivity index (χ2n) is 8.77. The summed E-state index contributed by atoms with van der Waals surface area (Å²) in [5.41, 5.74) is 3.44. The third kappa shape index (κ3) is 21.3. The number of fused-ring (bicyclic) bond motifs is 1. The molecular formula is C29H42BN7O2PS3U2. The zero-order valence-corrected chi connectivity index (χ0v) is 37.1. The van der Waals surface area contributed by atoms with Gasteiger partial charge in [0.2, 0.25) is 0 Å². The molecule has 4 aromatic rings. The molecule has 0 bridgehead atoms. The van der Waals surface area contributed by atoms with Gasteiger partial charge in [0.05, 0.1) is 26.9 Å². The van der Waals surface area contributed by atoms with Crippen LogP contribution in [0.5, 0.6) is 0 Å². The van der Waals surface area contributed by atoms with Crippen molar-refractivity contribution in [3.8, 4) is 0 Å². The van der Waals surface area contributed by atoms with Crippen LogP contribution in [-0.2, 0) is 0 Å². The van der Waals surface area contributed by atoms with Crippen molar-refractivity contribution in [3.63, 3.8) is 0 Å². The minimum atomic E-state index is -0.441. The maximum absolute atomic E-state index is 10.4. The Labute approximate surface area is 339 Å². The molecule has 0 saturated carbocycles. The standard InChI is InChI=1S/C13H12N2S.C9H20N2S.C7H5N3O2S.BH2.H3P.2U/c16-13(14-11-7-3-1-4-8-11)15-12-9-5-2-6-10-12;1-3-5-7-10-9(12)11-8-6-4-2;11-10(12)4-1-2-5-6(3-4)9-7(13)8-5;;;;/h1-10H,(H2,14,15,16);3-8H2,1-2H3,(H2,10,11,12);1-3H,(H2,8,9,13);1H2;1H3;;/i;;;2*1TD;;. The average molecular weight is 1140 g/mol. The van der Waals surface area contributed by atoms with E-state index in [1.165, 1.54) is 37.8 Å². The molecule has 4 rings (SSSR count). The van der Waals surface area contributed by atoms with E-state index in [9.17, 15) is 10.1 Å². The molecule has 6 N–H and O–H groups in total. The van der Waals surface area contributed by atoms with Gasteiger partial charge in [-0.1, -0.05) is 63.1 Å². The van der Waals surface area contributed by atoms with Crippen LogP contribution in [0.4, 0.5) is 17.1 Å². The van der Waals surface area contributed by atoms with Crippen LogP contribution in [0.25, 0.3) is 11.0 Å². The number of hydrogen-bond donors (Lipinski definition) is 6. The van der Waals surface area contributed by atoms with Gasteiger partial charge in [0, 0.05) is 98.8 Å². The second-order valence-corrected chi connectivity index (χ2v) is 9.99. The van der Waals surface area contributed by atoms with E-state index >= 15 is 0 Å². The minimum absolute atomic E-state index is 0. The molecule has 0 aliphatic heterocycles. The summed E-state index contributed by atoms with van der Waals surface area (Å²) in [6, 6.07) is 24.2. The molecule has 3 aromatic carbocycles. The number of thiocarbonyl (C=S) groups is 2. The summed E-state index contributed by atoms with van der Waals surface area (Å²) in [4.78, 5) is 15.6. The Kier molecular flexibility index (Phi) is 25.6. The molecule has 0 spiro atoms. The first-order valence-corrected chi connectivity index (χ1v) is 14.6. The van der Waals surface area contributed by atoms with Gasteiger partial charge < -0.3 is 31.2 Å². The summed E-state index contributed by atoms with van der Waals surface area (Å²) in [5.74, 6) is 0. The smallest absolute Gasteiger partial charge is 0.271 e. The van der Waals surface area contributed by atoms with Crippen LogP contribution in [0.1, 0.15) is 39.5 Å². The first kappa shape index (κ1) is 39.9.